The quantitative estimate of drug-likeness (QED) is 0.549. The summed E-state index contributed by atoms with van der Waals surface area (Å²) in [5.41, 5.74) is 0.424. The van der Waals surface area contributed by atoms with Crippen LogP contribution < -0.4 is 5.32 Å². The van der Waals surface area contributed by atoms with Gasteiger partial charge in [-0.3, -0.25) is 0 Å². The fraction of sp³-hybridized carbons (Fsp3) is 0.538. The van der Waals surface area contributed by atoms with Crippen molar-refractivity contribution < 1.29 is 22.0 Å². The monoisotopic (exact) mass is 359 g/mol. The normalized spacial score (nSPS) is 13.6. The zero-order valence-electron chi connectivity index (χ0n) is 10.8. The summed E-state index contributed by atoms with van der Waals surface area (Å²) >= 11 is 2.96. The van der Waals surface area contributed by atoms with Gasteiger partial charge in [-0.2, -0.15) is 13.2 Å². The van der Waals surface area contributed by atoms with Gasteiger partial charge in [-0.25, -0.2) is 8.78 Å². The molecule has 1 N–H and O–H groups in total. The molecule has 1 nitrogen and oxygen atoms in total. The Balaban J connectivity index is 2.83. The van der Waals surface area contributed by atoms with E-state index in [0.29, 0.717) is 12.1 Å². The molecule has 20 heavy (non-hydrogen) atoms. The van der Waals surface area contributed by atoms with Gasteiger partial charge in [0, 0.05) is 12.5 Å². The molecule has 1 atom stereocenters. The highest BCUT2D eigenvalue weighted by atomic mass is 79.9. The van der Waals surface area contributed by atoms with E-state index in [9.17, 15) is 22.0 Å². The Morgan fingerprint density at radius 1 is 1.25 bits per heavy atom. The van der Waals surface area contributed by atoms with Gasteiger partial charge < -0.3 is 5.32 Å². The molecule has 0 fully saturated rings. The maximum atomic E-state index is 13.5. The fourth-order valence-corrected chi connectivity index (χ4v) is 2.53. The number of hydrogen-bond donors (Lipinski definition) is 1. The standard InChI is InChI=1S/C13H15BrF5N/c1-2-20-10(4-3-7-13(17,18)19)8-5-6-9(15)12(16)11(8)14/h5-6,10,20H,2-4,7H2,1H3. The molecule has 1 aromatic rings. The predicted molar refractivity (Wildman–Crippen MR) is 70.4 cm³/mol. The molecule has 0 aliphatic rings. The summed E-state index contributed by atoms with van der Waals surface area (Å²) in [4.78, 5) is 0. The molecule has 0 heterocycles. The molecule has 0 aromatic heterocycles. The average molecular weight is 360 g/mol. The topological polar surface area (TPSA) is 12.0 Å². The van der Waals surface area contributed by atoms with Crippen molar-refractivity contribution in [2.75, 3.05) is 6.54 Å². The minimum absolute atomic E-state index is 0.0459. The summed E-state index contributed by atoms with van der Waals surface area (Å²) < 4.78 is 62.9. The first-order valence-electron chi connectivity index (χ1n) is 6.19. The predicted octanol–water partition coefficient (Wildman–Crippen LogP) is 5.11. The smallest absolute Gasteiger partial charge is 0.310 e. The molecule has 1 aromatic carbocycles. The second-order valence-electron chi connectivity index (χ2n) is 4.38. The minimum atomic E-state index is -4.21. The summed E-state index contributed by atoms with van der Waals surface area (Å²) in [5.74, 6) is -2.02. The fourth-order valence-electron chi connectivity index (χ4n) is 1.93. The van der Waals surface area contributed by atoms with E-state index in [0.717, 1.165) is 6.07 Å². The minimum Gasteiger partial charge on any atom is -0.310 e. The Labute approximate surface area is 122 Å². The van der Waals surface area contributed by atoms with Gasteiger partial charge in [0.15, 0.2) is 11.6 Å². The van der Waals surface area contributed by atoms with E-state index in [1.165, 1.54) is 6.07 Å². The lowest BCUT2D eigenvalue weighted by Crippen LogP contribution is -2.22. The van der Waals surface area contributed by atoms with Crippen molar-refractivity contribution in [1.29, 1.82) is 0 Å². The van der Waals surface area contributed by atoms with Crippen molar-refractivity contribution in [3.8, 4) is 0 Å². The number of hydrogen-bond acceptors (Lipinski definition) is 1. The zero-order valence-corrected chi connectivity index (χ0v) is 12.4. The summed E-state index contributed by atoms with van der Waals surface area (Å²) in [7, 11) is 0. The van der Waals surface area contributed by atoms with E-state index < -0.39 is 30.3 Å². The molecule has 0 amide bonds. The molecule has 7 heteroatoms. The number of benzene rings is 1. The number of nitrogens with one attached hydrogen (secondary N) is 1. The Morgan fingerprint density at radius 2 is 1.90 bits per heavy atom. The highest BCUT2D eigenvalue weighted by Crippen LogP contribution is 2.32. The number of alkyl halides is 3. The summed E-state index contributed by atoms with van der Waals surface area (Å²) in [6.07, 6.45) is -4.98. The largest absolute Gasteiger partial charge is 0.389 e. The molecule has 0 radical (unpaired) electrons. The van der Waals surface area contributed by atoms with Gasteiger partial charge in [0.2, 0.25) is 0 Å². The van der Waals surface area contributed by atoms with Crippen LogP contribution in [0.4, 0.5) is 22.0 Å². The molecular weight excluding hydrogens is 345 g/mol. The molecule has 1 rings (SSSR count). The van der Waals surface area contributed by atoms with E-state index in [1.54, 1.807) is 6.92 Å². The third-order valence-electron chi connectivity index (χ3n) is 2.84. The Kier molecular flexibility index (Phi) is 6.39. The molecule has 0 saturated heterocycles. The van der Waals surface area contributed by atoms with Crippen LogP contribution in [0.1, 0.15) is 37.8 Å². The molecule has 0 saturated carbocycles. The van der Waals surface area contributed by atoms with Crippen LogP contribution in [-0.2, 0) is 0 Å². The molecular formula is C13H15BrF5N. The van der Waals surface area contributed by atoms with E-state index in [-0.39, 0.29) is 17.3 Å². The van der Waals surface area contributed by atoms with E-state index >= 15 is 0 Å². The van der Waals surface area contributed by atoms with Crippen LogP contribution in [0.3, 0.4) is 0 Å². The van der Waals surface area contributed by atoms with Crippen molar-refractivity contribution in [1.82, 2.24) is 5.32 Å². The zero-order chi connectivity index (χ0) is 15.3. The maximum Gasteiger partial charge on any atom is 0.389 e. The second-order valence-corrected chi connectivity index (χ2v) is 5.18. The lowest BCUT2D eigenvalue weighted by atomic mass is 10.0. The third-order valence-corrected chi connectivity index (χ3v) is 3.65. The van der Waals surface area contributed by atoms with Gasteiger partial charge in [0.1, 0.15) is 0 Å². The molecule has 114 valence electrons. The van der Waals surface area contributed by atoms with Crippen LogP contribution in [0.2, 0.25) is 0 Å². The second kappa shape index (κ2) is 7.36. The third kappa shape index (κ3) is 5.01. The maximum absolute atomic E-state index is 13.5. The van der Waals surface area contributed by atoms with Gasteiger partial charge in [-0.05, 0) is 46.9 Å². The van der Waals surface area contributed by atoms with Crippen molar-refractivity contribution in [2.45, 2.75) is 38.4 Å². The molecule has 0 aliphatic carbocycles. The van der Waals surface area contributed by atoms with E-state index in [1.807, 2.05) is 0 Å². The van der Waals surface area contributed by atoms with Gasteiger partial charge in [0.25, 0.3) is 0 Å². The number of halogens is 6. The summed E-state index contributed by atoms with van der Waals surface area (Å²) in [6.45, 7) is 2.31. The first kappa shape index (κ1) is 17.4. The van der Waals surface area contributed by atoms with Crippen molar-refractivity contribution >= 4 is 15.9 Å². The van der Waals surface area contributed by atoms with Crippen LogP contribution >= 0.6 is 15.9 Å². The van der Waals surface area contributed by atoms with Crippen molar-refractivity contribution in [3.05, 3.63) is 33.8 Å². The molecule has 0 bridgehead atoms. The Hall–Kier alpha value is -0.690. The van der Waals surface area contributed by atoms with Gasteiger partial charge in [-0.1, -0.05) is 13.0 Å². The van der Waals surface area contributed by atoms with Crippen LogP contribution in [-0.4, -0.2) is 12.7 Å². The van der Waals surface area contributed by atoms with E-state index in [2.05, 4.69) is 21.2 Å². The van der Waals surface area contributed by atoms with Crippen LogP contribution in [0.15, 0.2) is 16.6 Å². The summed E-state index contributed by atoms with van der Waals surface area (Å²) in [5, 5.41) is 2.99. The number of rotatable bonds is 6. The Bertz CT molecular complexity index is 447. The first-order valence-corrected chi connectivity index (χ1v) is 6.99. The highest BCUT2D eigenvalue weighted by Gasteiger charge is 2.27. The van der Waals surface area contributed by atoms with Gasteiger partial charge in [-0.15, -0.1) is 0 Å². The van der Waals surface area contributed by atoms with Crippen molar-refractivity contribution in [3.63, 3.8) is 0 Å². The molecule has 0 spiro atoms. The van der Waals surface area contributed by atoms with Crippen LogP contribution in [0, 0.1) is 11.6 Å². The summed E-state index contributed by atoms with van der Waals surface area (Å²) in [6, 6.07) is 1.90. The Morgan fingerprint density at radius 3 is 2.45 bits per heavy atom. The average Bonchev–Trinajstić information content (AvgIpc) is 2.34. The molecule has 1 unspecified atom stereocenters. The van der Waals surface area contributed by atoms with Crippen LogP contribution in [0.25, 0.3) is 0 Å². The SMILES string of the molecule is CCNC(CCCC(F)(F)F)c1ccc(F)c(F)c1Br. The lowest BCUT2D eigenvalue weighted by molar-refractivity contribution is -0.135. The highest BCUT2D eigenvalue weighted by molar-refractivity contribution is 9.10. The molecule has 0 aliphatic heterocycles. The van der Waals surface area contributed by atoms with Crippen molar-refractivity contribution in [2.24, 2.45) is 0 Å². The first-order chi connectivity index (χ1) is 9.26. The van der Waals surface area contributed by atoms with E-state index in [4.69, 9.17) is 0 Å². The van der Waals surface area contributed by atoms with Gasteiger partial charge >= 0.3 is 6.18 Å². The lowest BCUT2D eigenvalue weighted by Gasteiger charge is -2.20. The van der Waals surface area contributed by atoms with Gasteiger partial charge in [0.05, 0.1) is 4.47 Å². The van der Waals surface area contributed by atoms with Crippen LogP contribution in [0.5, 0.6) is 0 Å².